The van der Waals surface area contributed by atoms with E-state index in [1.54, 1.807) is 0 Å². The van der Waals surface area contributed by atoms with Crippen molar-refractivity contribution in [3.8, 4) is 17.0 Å². The highest BCUT2D eigenvalue weighted by atomic mass is 16.6. The van der Waals surface area contributed by atoms with Crippen molar-refractivity contribution in [2.45, 2.75) is 13.3 Å². The number of benzene rings is 2. The molecular weight excluding hydrogens is 306 g/mol. The van der Waals surface area contributed by atoms with Gasteiger partial charge in [-0.25, -0.2) is 4.63 Å². The molecule has 0 aliphatic rings. The molecule has 2 aromatic carbocycles. The van der Waals surface area contributed by atoms with Crippen molar-refractivity contribution in [3.63, 3.8) is 0 Å². The Bertz CT molecular complexity index is 798. The zero-order valence-electron chi connectivity index (χ0n) is 13.2. The van der Waals surface area contributed by atoms with Crippen LogP contribution in [0.15, 0.2) is 59.2 Å². The van der Waals surface area contributed by atoms with E-state index >= 15 is 0 Å². The fraction of sp³-hybridized carbons (Fsp3) is 0.167. The van der Waals surface area contributed by atoms with Gasteiger partial charge in [0.25, 0.3) is 5.91 Å². The Kier molecular flexibility index (Phi) is 4.86. The van der Waals surface area contributed by atoms with Gasteiger partial charge in [-0.1, -0.05) is 49.4 Å². The minimum Gasteiger partial charge on any atom is -0.484 e. The highest BCUT2D eigenvalue weighted by molar-refractivity contribution is 5.94. The number of carbonyl (C=O) groups is 1. The summed E-state index contributed by atoms with van der Waals surface area (Å²) in [6, 6.07) is 17.0. The van der Waals surface area contributed by atoms with Gasteiger partial charge in [0.2, 0.25) is 5.82 Å². The van der Waals surface area contributed by atoms with Gasteiger partial charge >= 0.3 is 0 Å². The predicted molar refractivity (Wildman–Crippen MR) is 89.7 cm³/mol. The number of aromatic nitrogens is 2. The Hall–Kier alpha value is -3.15. The molecule has 122 valence electrons. The number of amides is 1. The Morgan fingerprint density at radius 1 is 1.08 bits per heavy atom. The number of rotatable bonds is 6. The van der Waals surface area contributed by atoms with Crippen LogP contribution < -0.4 is 10.1 Å². The highest BCUT2D eigenvalue weighted by Crippen LogP contribution is 2.23. The molecule has 1 amide bonds. The highest BCUT2D eigenvalue weighted by Gasteiger charge is 2.15. The number of hydrogen-bond donors (Lipinski definition) is 1. The molecule has 1 aromatic heterocycles. The zero-order chi connectivity index (χ0) is 16.8. The van der Waals surface area contributed by atoms with E-state index in [2.05, 4.69) is 22.6 Å². The second-order valence-electron chi connectivity index (χ2n) is 5.16. The monoisotopic (exact) mass is 323 g/mol. The van der Waals surface area contributed by atoms with Crippen molar-refractivity contribution in [1.29, 1.82) is 0 Å². The Morgan fingerprint density at radius 3 is 2.54 bits per heavy atom. The van der Waals surface area contributed by atoms with E-state index in [1.165, 1.54) is 5.56 Å². The third-order valence-electron chi connectivity index (χ3n) is 3.50. The number of ether oxygens (including phenoxy) is 1. The average molecular weight is 323 g/mol. The molecule has 24 heavy (non-hydrogen) atoms. The molecule has 1 heterocycles. The number of aryl methyl sites for hydroxylation is 1. The summed E-state index contributed by atoms with van der Waals surface area (Å²) in [6.45, 7) is 1.96. The van der Waals surface area contributed by atoms with Gasteiger partial charge in [0.15, 0.2) is 12.3 Å². The normalized spacial score (nSPS) is 10.4. The summed E-state index contributed by atoms with van der Waals surface area (Å²) in [5.41, 5.74) is 2.51. The van der Waals surface area contributed by atoms with Gasteiger partial charge in [0.1, 0.15) is 5.75 Å². The maximum Gasteiger partial charge on any atom is 0.263 e. The van der Waals surface area contributed by atoms with Crippen LogP contribution >= 0.6 is 0 Å². The SMILES string of the molecule is CCc1ccc(OCC(=O)Nc2nonc2-c2ccccc2)cc1. The van der Waals surface area contributed by atoms with Gasteiger partial charge in [-0.05, 0) is 34.4 Å². The molecule has 0 unspecified atom stereocenters. The van der Waals surface area contributed by atoms with Crippen molar-refractivity contribution in [1.82, 2.24) is 10.3 Å². The second-order valence-corrected chi connectivity index (χ2v) is 5.16. The van der Waals surface area contributed by atoms with Crippen LogP contribution in [0.4, 0.5) is 5.82 Å². The van der Waals surface area contributed by atoms with Gasteiger partial charge in [-0.2, -0.15) is 0 Å². The topological polar surface area (TPSA) is 77.2 Å². The molecule has 3 aromatic rings. The van der Waals surface area contributed by atoms with Crippen LogP contribution in [0.5, 0.6) is 5.75 Å². The van der Waals surface area contributed by atoms with Crippen LogP contribution in [-0.4, -0.2) is 22.8 Å². The predicted octanol–water partition coefficient (Wildman–Crippen LogP) is 3.32. The fourth-order valence-corrected chi connectivity index (χ4v) is 2.19. The van der Waals surface area contributed by atoms with Crippen molar-refractivity contribution < 1.29 is 14.2 Å². The van der Waals surface area contributed by atoms with Gasteiger partial charge in [0, 0.05) is 5.56 Å². The van der Waals surface area contributed by atoms with E-state index < -0.39 is 0 Å². The Balaban J connectivity index is 1.60. The van der Waals surface area contributed by atoms with Crippen LogP contribution in [-0.2, 0) is 11.2 Å². The number of hydrogen-bond acceptors (Lipinski definition) is 5. The molecule has 0 radical (unpaired) electrons. The molecule has 0 saturated carbocycles. The molecule has 0 aliphatic heterocycles. The summed E-state index contributed by atoms with van der Waals surface area (Å²) in [4.78, 5) is 12.0. The lowest BCUT2D eigenvalue weighted by atomic mass is 10.1. The quantitative estimate of drug-likeness (QED) is 0.753. The van der Waals surface area contributed by atoms with Crippen LogP contribution in [0.3, 0.4) is 0 Å². The fourth-order valence-electron chi connectivity index (χ4n) is 2.19. The summed E-state index contributed by atoms with van der Waals surface area (Å²) in [5, 5.41) is 10.2. The van der Waals surface area contributed by atoms with Gasteiger partial charge in [0.05, 0.1) is 0 Å². The molecule has 3 rings (SSSR count). The first-order valence-electron chi connectivity index (χ1n) is 7.66. The van der Waals surface area contributed by atoms with Gasteiger partial charge in [-0.15, -0.1) is 0 Å². The Morgan fingerprint density at radius 2 is 1.83 bits per heavy atom. The van der Waals surface area contributed by atoms with Crippen molar-refractivity contribution in [2.75, 3.05) is 11.9 Å². The smallest absolute Gasteiger partial charge is 0.263 e. The van der Waals surface area contributed by atoms with E-state index in [0.717, 1.165) is 12.0 Å². The standard InChI is InChI=1S/C18H17N3O3/c1-2-13-8-10-15(11-9-13)23-12-16(22)19-18-17(20-24-21-18)14-6-4-3-5-7-14/h3-11H,2,12H2,1H3,(H,19,21,22). The molecular formula is C18H17N3O3. The first kappa shape index (κ1) is 15.7. The van der Waals surface area contributed by atoms with E-state index in [0.29, 0.717) is 11.4 Å². The molecule has 6 nitrogen and oxygen atoms in total. The van der Waals surface area contributed by atoms with Crippen molar-refractivity contribution >= 4 is 11.7 Å². The van der Waals surface area contributed by atoms with Gasteiger partial charge < -0.3 is 10.1 Å². The third kappa shape index (κ3) is 3.78. The lowest BCUT2D eigenvalue weighted by molar-refractivity contribution is -0.118. The zero-order valence-corrected chi connectivity index (χ0v) is 13.2. The molecule has 0 spiro atoms. The van der Waals surface area contributed by atoms with Crippen LogP contribution in [0.2, 0.25) is 0 Å². The summed E-state index contributed by atoms with van der Waals surface area (Å²) in [6.07, 6.45) is 0.961. The lowest BCUT2D eigenvalue weighted by Gasteiger charge is -2.07. The molecule has 0 aliphatic carbocycles. The molecule has 0 bridgehead atoms. The minimum absolute atomic E-state index is 0.118. The van der Waals surface area contributed by atoms with Gasteiger partial charge in [-0.3, -0.25) is 4.79 Å². The molecule has 0 fully saturated rings. The maximum atomic E-state index is 12.0. The number of nitrogens with zero attached hydrogens (tertiary/aromatic N) is 2. The number of carbonyl (C=O) groups excluding carboxylic acids is 1. The van der Waals surface area contributed by atoms with E-state index in [9.17, 15) is 4.79 Å². The van der Waals surface area contributed by atoms with Crippen molar-refractivity contribution in [2.24, 2.45) is 0 Å². The van der Waals surface area contributed by atoms with E-state index in [4.69, 9.17) is 9.37 Å². The lowest BCUT2D eigenvalue weighted by Crippen LogP contribution is -2.20. The Labute approximate surface area is 139 Å². The summed E-state index contributed by atoms with van der Waals surface area (Å²) < 4.78 is 10.2. The summed E-state index contributed by atoms with van der Waals surface area (Å²) in [5.74, 6) is 0.586. The third-order valence-corrected chi connectivity index (χ3v) is 3.50. The van der Waals surface area contributed by atoms with E-state index in [-0.39, 0.29) is 18.3 Å². The number of nitrogens with one attached hydrogen (secondary N) is 1. The second kappa shape index (κ2) is 7.41. The molecule has 0 atom stereocenters. The molecule has 1 N–H and O–H groups in total. The van der Waals surface area contributed by atoms with Crippen LogP contribution in [0.1, 0.15) is 12.5 Å². The first-order valence-corrected chi connectivity index (χ1v) is 7.66. The van der Waals surface area contributed by atoms with Crippen LogP contribution in [0.25, 0.3) is 11.3 Å². The van der Waals surface area contributed by atoms with E-state index in [1.807, 2.05) is 54.6 Å². The maximum absolute atomic E-state index is 12.0. The molecule has 0 saturated heterocycles. The molecule has 6 heteroatoms. The first-order chi connectivity index (χ1) is 11.8. The average Bonchev–Trinajstić information content (AvgIpc) is 3.09. The number of anilines is 1. The minimum atomic E-state index is -0.331. The summed E-state index contributed by atoms with van der Waals surface area (Å²) >= 11 is 0. The largest absolute Gasteiger partial charge is 0.484 e. The van der Waals surface area contributed by atoms with Crippen molar-refractivity contribution in [3.05, 3.63) is 60.2 Å². The van der Waals surface area contributed by atoms with Crippen LogP contribution in [0, 0.1) is 0 Å². The summed E-state index contributed by atoms with van der Waals surface area (Å²) in [7, 11) is 0.